The number of carbonyl (C=O) groups is 1. The van der Waals surface area contributed by atoms with E-state index in [-0.39, 0.29) is 12.5 Å². The predicted octanol–water partition coefficient (Wildman–Crippen LogP) is 1.74. The van der Waals surface area contributed by atoms with Crippen molar-refractivity contribution >= 4 is 5.91 Å². The van der Waals surface area contributed by atoms with Crippen LogP contribution in [0.2, 0.25) is 0 Å². The molecule has 0 aliphatic heterocycles. The molecule has 1 aliphatic carbocycles. The van der Waals surface area contributed by atoms with E-state index in [0.29, 0.717) is 17.4 Å². The molecule has 4 nitrogen and oxygen atoms in total. The van der Waals surface area contributed by atoms with Gasteiger partial charge < -0.3 is 14.7 Å². The van der Waals surface area contributed by atoms with E-state index in [1.165, 1.54) is 0 Å². The first kappa shape index (κ1) is 12.9. The summed E-state index contributed by atoms with van der Waals surface area (Å²) < 4.78 is 5.51. The van der Waals surface area contributed by atoms with Gasteiger partial charge in [0.15, 0.2) is 6.61 Å². The maximum absolute atomic E-state index is 11.8. The number of hydrogen-bond acceptors (Lipinski definition) is 3. The lowest BCUT2D eigenvalue weighted by Gasteiger charge is -2.18. The molecule has 1 aromatic rings. The number of aliphatic hydroxyl groups is 1. The zero-order chi connectivity index (χ0) is 13.1. The van der Waals surface area contributed by atoms with Gasteiger partial charge in [0.05, 0.1) is 6.10 Å². The van der Waals surface area contributed by atoms with Gasteiger partial charge in [0, 0.05) is 18.7 Å². The van der Waals surface area contributed by atoms with Crippen LogP contribution in [0.5, 0.6) is 5.75 Å². The Kier molecular flexibility index (Phi) is 3.87. The molecule has 4 heteroatoms. The average Bonchev–Trinajstić information content (AvgIpc) is 3.19. The number of benzene rings is 1. The second-order valence-electron chi connectivity index (χ2n) is 4.74. The first-order valence-corrected chi connectivity index (χ1v) is 6.25. The molecule has 0 heterocycles. The average molecular weight is 249 g/mol. The summed E-state index contributed by atoms with van der Waals surface area (Å²) in [6.07, 6.45) is 1.58. The molecule has 1 unspecified atom stereocenters. The molecule has 2 rings (SSSR count). The van der Waals surface area contributed by atoms with Gasteiger partial charge in [0.1, 0.15) is 5.75 Å². The van der Waals surface area contributed by atoms with Crippen LogP contribution in [0.25, 0.3) is 0 Å². The maximum atomic E-state index is 11.8. The monoisotopic (exact) mass is 249 g/mol. The molecule has 0 bridgehead atoms. The molecular formula is C14H19NO3. The van der Waals surface area contributed by atoms with Gasteiger partial charge in [0.25, 0.3) is 5.91 Å². The van der Waals surface area contributed by atoms with Crippen LogP contribution in [0, 0.1) is 0 Å². The van der Waals surface area contributed by atoms with Gasteiger partial charge in [-0.15, -0.1) is 0 Å². The molecule has 1 aromatic carbocycles. The highest BCUT2D eigenvalue weighted by Gasteiger charge is 2.29. The van der Waals surface area contributed by atoms with Crippen molar-refractivity contribution < 1.29 is 14.6 Å². The van der Waals surface area contributed by atoms with Crippen LogP contribution in [0.1, 0.15) is 31.4 Å². The Morgan fingerprint density at radius 1 is 1.50 bits per heavy atom. The number of carbonyl (C=O) groups excluding carboxylic acids is 1. The van der Waals surface area contributed by atoms with Crippen LogP contribution >= 0.6 is 0 Å². The lowest BCUT2D eigenvalue weighted by atomic mass is 10.1. The maximum Gasteiger partial charge on any atom is 0.260 e. The van der Waals surface area contributed by atoms with Crippen molar-refractivity contribution in [2.24, 2.45) is 0 Å². The van der Waals surface area contributed by atoms with Crippen molar-refractivity contribution in [1.29, 1.82) is 0 Å². The Hall–Kier alpha value is -1.55. The quantitative estimate of drug-likeness (QED) is 0.864. The minimum absolute atomic E-state index is 0.0158. The third kappa shape index (κ3) is 3.01. The zero-order valence-corrected chi connectivity index (χ0v) is 10.8. The first-order chi connectivity index (χ1) is 8.59. The summed E-state index contributed by atoms with van der Waals surface area (Å²) in [5.74, 6) is 0.558. The molecule has 1 aliphatic rings. The molecule has 0 radical (unpaired) electrons. The minimum Gasteiger partial charge on any atom is -0.483 e. The number of ether oxygens (including phenoxy) is 1. The number of rotatable bonds is 5. The highest BCUT2D eigenvalue weighted by Crippen LogP contribution is 2.26. The fourth-order valence-corrected chi connectivity index (χ4v) is 1.86. The van der Waals surface area contributed by atoms with Gasteiger partial charge in [-0.2, -0.15) is 0 Å². The normalized spacial score (nSPS) is 16.2. The van der Waals surface area contributed by atoms with E-state index in [4.69, 9.17) is 4.74 Å². The molecule has 1 saturated carbocycles. The molecule has 1 fully saturated rings. The van der Waals surface area contributed by atoms with E-state index in [1.807, 2.05) is 19.2 Å². The zero-order valence-electron chi connectivity index (χ0n) is 10.8. The van der Waals surface area contributed by atoms with Crippen molar-refractivity contribution in [3.8, 4) is 5.75 Å². The topological polar surface area (TPSA) is 49.8 Å². The Labute approximate surface area is 107 Å². The Morgan fingerprint density at radius 2 is 2.17 bits per heavy atom. The Bertz CT molecular complexity index is 427. The second kappa shape index (κ2) is 5.40. The summed E-state index contributed by atoms with van der Waals surface area (Å²) in [7, 11) is 1.81. The highest BCUT2D eigenvalue weighted by molar-refractivity contribution is 5.78. The van der Waals surface area contributed by atoms with Crippen molar-refractivity contribution in [1.82, 2.24) is 4.90 Å². The lowest BCUT2D eigenvalue weighted by Crippen LogP contribution is -2.33. The van der Waals surface area contributed by atoms with Crippen LogP contribution in [-0.4, -0.2) is 35.6 Å². The number of para-hydroxylation sites is 1. The van der Waals surface area contributed by atoms with Crippen molar-refractivity contribution in [2.75, 3.05) is 13.7 Å². The van der Waals surface area contributed by atoms with Crippen LogP contribution in [0.15, 0.2) is 24.3 Å². The summed E-state index contributed by atoms with van der Waals surface area (Å²) >= 11 is 0. The number of amides is 1. The molecule has 1 amide bonds. The highest BCUT2D eigenvalue weighted by atomic mass is 16.5. The molecule has 0 aromatic heterocycles. The first-order valence-electron chi connectivity index (χ1n) is 6.25. The number of hydrogen-bond donors (Lipinski definition) is 1. The van der Waals surface area contributed by atoms with Crippen LogP contribution in [0.3, 0.4) is 0 Å². The number of likely N-dealkylation sites (N-methyl/N-ethyl adjacent to an activating group) is 1. The SMILES string of the molecule is CC(O)c1ccccc1OCC(=O)N(C)C1CC1. The number of nitrogens with zero attached hydrogens (tertiary/aromatic N) is 1. The third-order valence-electron chi connectivity index (χ3n) is 3.21. The minimum atomic E-state index is -0.600. The van der Waals surface area contributed by atoms with Gasteiger partial charge in [-0.25, -0.2) is 0 Å². The van der Waals surface area contributed by atoms with Gasteiger partial charge in [0.2, 0.25) is 0 Å². The Balaban J connectivity index is 1.95. The fourth-order valence-electron chi connectivity index (χ4n) is 1.86. The fraction of sp³-hybridized carbons (Fsp3) is 0.500. The van der Waals surface area contributed by atoms with E-state index in [0.717, 1.165) is 12.8 Å². The standard InChI is InChI=1S/C14H19NO3/c1-10(16)12-5-3-4-6-13(12)18-9-14(17)15(2)11-7-8-11/h3-6,10-11,16H,7-9H2,1-2H3. The molecule has 0 spiro atoms. The number of aliphatic hydroxyl groups excluding tert-OH is 1. The molecule has 98 valence electrons. The molecule has 0 saturated heterocycles. The van der Waals surface area contributed by atoms with Gasteiger partial charge in [-0.1, -0.05) is 18.2 Å². The molecule has 18 heavy (non-hydrogen) atoms. The molecule has 1 atom stereocenters. The summed E-state index contributed by atoms with van der Waals surface area (Å²) in [5.41, 5.74) is 0.708. The predicted molar refractivity (Wildman–Crippen MR) is 68.4 cm³/mol. The van der Waals surface area contributed by atoms with Crippen molar-refractivity contribution in [3.05, 3.63) is 29.8 Å². The summed E-state index contributed by atoms with van der Waals surface area (Å²) in [6.45, 7) is 1.71. The van der Waals surface area contributed by atoms with E-state index in [2.05, 4.69) is 0 Å². The van der Waals surface area contributed by atoms with E-state index < -0.39 is 6.10 Å². The molecule has 1 N–H and O–H groups in total. The summed E-state index contributed by atoms with van der Waals surface area (Å²) in [5, 5.41) is 9.60. The van der Waals surface area contributed by atoms with Crippen molar-refractivity contribution in [3.63, 3.8) is 0 Å². The van der Waals surface area contributed by atoms with Gasteiger partial charge in [-0.05, 0) is 25.8 Å². The Morgan fingerprint density at radius 3 is 2.78 bits per heavy atom. The third-order valence-corrected chi connectivity index (χ3v) is 3.21. The molecular weight excluding hydrogens is 230 g/mol. The van der Waals surface area contributed by atoms with Crippen molar-refractivity contribution in [2.45, 2.75) is 31.9 Å². The van der Waals surface area contributed by atoms with Crippen LogP contribution in [-0.2, 0) is 4.79 Å². The van der Waals surface area contributed by atoms with Crippen LogP contribution in [0.4, 0.5) is 0 Å². The van der Waals surface area contributed by atoms with Gasteiger partial charge in [-0.3, -0.25) is 4.79 Å². The second-order valence-corrected chi connectivity index (χ2v) is 4.74. The van der Waals surface area contributed by atoms with Crippen LogP contribution < -0.4 is 4.74 Å². The largest absolute Gasteiger partial charge is 0.483 e. The van der Waals surface area contributed by atoms with Gasteiger partial charge >= 0.3 is 0 Å². The van der Waals surface area contributed by atoms with E-state index >= 15 is 0 Å². The lowest BCUT2D eigenvalue weighted by molar-refractivity contribution is -0.132. The smallest absolute Gasteiger partial charge is 0.260 e. The summed E-state index contributed by atoms with van der Waals surface area (Å²) in [4.78, 5) is 13.6. The summed E-state index contributed by atoms with van der Waals surface area (Å²) in [6, 6.07) is 7.64. The van der Waals surface area contributed by atoms with E-state index in [1.54, 1.807) is 24.0 Å². The van der Waals surface area contributed by atoms with E-state index in [9.17, 15) is 9.90 Å².